The Hall–Kier alpha value is -3.01. The molecular formula is C31H37N5O3S. The van der Waals surface area contributed by atoms with Gasteiger partial charge in [-0.25, -0.2) is 4.98 Å². The highest BCUT2D eigenvalue weighted by Crippen LogP contribution is 2.32. The number of para-hydroxylation sites is 1. The van der Waals surface area contributed by atoms with Crippen molar-refractivity contribution in [2.24, 2.45) is 0 Å². The minimum atomic E-state index is -0.450. The number of carbonyl (C=O) groups excluding carboxylic acids is 1. The number of likely N-dealkylation sites (tertiary alicyclic amines) is 1. The molecule has 2 aromatic carbocycles. The monoisotopic (exact) mass is 559 g/mol. The third-order valence-corrected chi connectivity index (χ3v) is 8.90. The fourth-order valence-corrected chi connectivity index (χ4v) is 6.35. The first-order chi connectivity index (χ1) is 19.3. The lowest BCUT2D eigenvalue weighted by atomic mass is 9.87. The average Bonchev–Trinajstić information content (AvgIpc) is 3.54. The van der Waals surface area contributed by atoms with Gasteiger partial charge in [-0.3, -0.25) is 4.79 Å². The molecule has 2 fully saturated rings. The SMILES string of the molecule is CC(C)(C)c1ccc(Cn2c3ccccc3c3nnc(SCCCC(=O)N4CCC5(CC4)OCCO5)nc32)cc1. The maximum absolute atomic E-state index is 12.8. The van der Waals surface area contributed by atoms with E-state index in [4.69, 9.17) is 14.5 Å². The van der Waals surface area contributed by atoms with Crippen LogP contribution in [0.5, 0.6) is 0 Å². The molecule has 2 aliphatic heterocycles. The van der Waals surface area contributed by atoms with E-state index in [1.165, 1.54) is 11.1 Å². The molecule has 40 heavy (non-hydrogen) atoms. The molecule has 8 nitrogen and oxygen atoms in total. The van der Waals surface area contributed by atoms with Crippen LogP contribution in [0.2, 0.25) is 0 Å². The van der Waals surface area contributed by atoms with E-state index in [9.17, 15) is 4.79 Å². The molecule has 0 atom stereocenters. The van der Waals surface area contributed by atoms with Gasteiger partial charge in [0.15, 0.2) is 11.4 Å². The predicted molar refractivity (Wildman–Crippen MR) is 157 cm³/mol. The second-order valence-corrected chi connectivity index (χ2v) is 12.8. The number of piperidine rings is 1. The minimum absolute atomic E-state index is 0.120. The van der Waals surface area contributed by atoms with Crippen molar-refractivity contribution in [2.45, 2.75) is 69.4 Å². The van der Waals surface area contributed by atoms with Crippen LogP contribution >= 0.6 is 11.8 Å². The molecule has 4 heterocycles. The van der Waals surface area contributed by atoms with Gasteiger partial charge in [0.2, 0.25) is 11.1 Å². The molecule has 0 N–H and O–H groups in total. The van der Waals surface area contributed by atoms with E-state index in [-0.39, 0.29) is 11.3 Å². The van der Waals surface area contributed by atoms with E-state index >= 15 is 0 Å². The Labute approximate surface area is 239 Å². The number of amides is 1. The molecule has 0 radical (unpaired) electrons. The van der Waals surface area contributed by atoms with Gasteiger partial charge in [0.25, 0.3) is 0 Å². The molecule has 1 spiro atoms. The van der Waals surface area contributed by atoms with Crippen LogP contribution in [0.3, 0.4) is 0 Å². The first-order valence-corrected chi connectivity index (χ1v) is 15.2. The van der Waals surface area contributed by atoms with Crippen LogP contribution in [0.4, 0.5) is 0 Å². The maximum atomic E-state index is 12.8. The number of fused-ring (bicyclic) bond motifs is 3. The lowest BCUT2D eigenvalue weighted by Crippen LogP contribution is -2.47. The Kier molecular flexibility index (Phi) is 7.54. The number of thioether (sulfide) groups is 1. The number of ether oxygens (including phenoxy) is 2. The number of hydrogen-bond acceptors (Lipinski definition) is 7. The number of hydrogen-bond donors (Lipinski definition) is 0. The third kappa shape index (κ3) is 5.60. The van der Waals surface area contributed by atoms with Gasteiger partial charge in [0.1, 0.15) is 5.52 Å². The minimum Gasteiger partial charge on any atom is -0.347 e. The molecular weight excluding hydrogens is 522 g/mol. The molecule has 4 aromatic rings. The van der Waals surface area contributed by atoms with Gasteiger partial charge in [-0.15, -0.1) is 10.2 Å². The molecule has 2 aliphatic rings. The highest BCUT2D eigenvalue weighted by atomic mass is 32.2. The van der Waals surface area contributed by atoms with Crippen molar-refractivity contribution in [3.8, 4) is 0 Å². The zero-order valence-electron chi connectivity index (χ0n) is 23.6. The van der Waals surface area contributed by atoms with E-state index in [2.05, 4.69) is 78.0 Å². The molecule has 1 amide bonds. The lowest BCUT2D eigenvalue weighted by Gasteiger charge is -2.37. The molecule has 2 aromatic heterocycles. The van der Waals surface area contributed by atoms with Crippen LogP contribution in [0.1, 0.15) is 57.6 Å². The number of benzene rings is 2. The van der Waals surface area contributed by atoms with Gasteiger partial charge in [-0.1, -0.05) is 75.0 Å². The molecule has 0 saturated carbocycles. The Morgan fingerprint density at radius 3 is 2.45 bits per heavy atom. The third-order valence-electron chi connectivity index (χ3n) is 7.97. The summed E-state index contributed by atoms with van der Waals surface area (Å²) in [7, 11) is 0. The quantitative estimate of drug-likeness (QED) is 0.216. The number of nitrogens with zero attached hydrogens (tertiary/aromatic N) is 5. The van der Waals surface area contributed by atoms with Crippen LogP contribution in [0.25, 0.3) is 22.1 Å². The van der Waals surface area contributed by atoms with Gasteiger partial charge in [0, 0.05) is 50.0 Å². The largest absolute Gasteiger partial charge is 0.347 e. The lowest BCUT2D eigenvalue weighted by molar-refractivity contribution is -0.187. The van der Waals surface area contributed by atoms with E-state index < -0.39 is 5.79 Å². The van der Waals surface area contributed by atoms with Crippen LogP contribution in [0, 0.1) is 0 Å². The highest BCUT2D eigenvalue weighted by molar-refractivity contribution is 7.99. The zero-order valence-corrected chi connectivity index (χ0v) is 24.4. The molecule has 0 unspecified atom stereocenters. The fraction of sp³-hybridized carbons (Fsp3) is 0.484. The Bertz CT molecular complexity index is 1500. The summed E-state index contributed by atoms with van der Waals surface area (Å²) < 4.78 is 13.8. The van der Waals surface area contributed by atoms with Gasteiger partial charge in [-0.05, 0) is 29.0 Å². The van der Waals surface area contributed by atoms with Crippen molar-refractivity contribution in [2.75, 3.05) is 32.1 Å². The van der Waals surface area contributed by atoms with Crippen LogP contribution in [-0.2, 0) is 26.2 Å². The summed E-state index contributed by atoms with van der Waals surface area (Å²) in [5.74, 6) is 0.506. The van der Waals surface area contributed by atoms with Crippen LogP contribution in [-0.4, -0.2) is 68.4 Å². The van der Waals surface area contributed by atoms with E-state index in [1.807, 2.05) is 11.0 Å². The van der Waals surface area contributed by atoms with Crippen LogP contribution < -0.4 is 0 Å². The van der Waals surface area contributed by atoms with Crippen molar-refractivity contribution >= 4 is 39.7 Å². The van der Waals surface area contributed by atoms with Gasteiger partial charge >= 0.3 is 0 Å². The van der Waals surface area contributed by atoms with E-state index in [1.54, 1.807) is 11.8 Å². The summed E-state index contributed by atoms with van der Waals surface area (Å²) in [4.78, 5) is 19.7. The van der Waals surface area contributed by atoms with Crippen molar-refractivity contribution in [3.05, 3.63) is 59.7 Å². The summed E-state index contributed by atoms with van der Waals surface area (Å²) in [6, 6.07) is 17.1. The van der Waals surface area contributed by atoms with E-state index in [0.29, 0.717) is 44.4 Å². The maximum Gasteiger partial charge on any atom is 0.222 e. The highest BCUT2D eigenvalue weighted by Gasteiger charge is 2.40. The second kappa shape index (κ2) is 11.1. The molecule has 0 bridgehead atoms. The van der Waals surface area contributed by atoms with Crippen molar-refractivity contribution < 1.29 is 14.3 Å². The number of aromatic nitrogens is 4. The standard InChI is InChI=1S/C31H37N5O3S/c1-30(2,3)23-12-10-22(11-13-23)21-36-25-8-5-4-7-24(25)27-28(36)32-29(34-33-27)40-20-6-9-26(37)35-16-14-31(15-17-35)38-18-19-39-31/h4-5,7-8,10-13H,6,9,14-21H2,1-3H3. The summed E-state index contributed by atoms with van der Waals surface area (Å²) in [6.45, 7) is 10.1. The average molecular weight is 560 g/mol. The second-order valence-electron chi connectivity index (χ2n) is 11.8. The summed E-state index contributed by atoms with van der Waals surface area (Å²) in [6.07, 6.45) is 2.79. The van der Waals surface area contributed by atoms with Gasteiger partial charge in [-0.2, -0.15) is 0 Å². The summed E-state index contributed by atoms with van der Waals surface area (Å²) in [5.41, 5.74) is 5.42. The van der Waals surface area contributed by atoms with Gasteiger partial charge in [0.05, 0.1) is 18.7 Å². The Morgan fingerprint density at radius 1 is 1.00 bits per heavy atom. The van der Waals surface area contributed by atoms with Crippen molar-refractivity contribution in [1.29, 1.82) is 0 Å². The van der Waals surface area contributed by atoms with Crippen molar-refractivity contribution in [3.63, 3.8) is 0 Å². The van der Waals surface area contributed by atoms with Gasteiger partial charge < -0.3 is 18.9 Å². The number of carbonyl (C=O) groups is 1. The summed E-state index contributed by atoms with van der Waals surface area (Å²) >= 11 is 1.56. The summed E-state index contributed by atoms with van der Waals surface area (Å²) in [5, 5.41) is 10.7. The van der Waals surface area contributed by atoms with Crippen LogP contribution in [0.15, 0.2) is 53.7 Å². The molecule has 210 valence electrons. The topological polar surface area (TPSA) is 82.4 Å². The molecule has 0 aliphatic carbocycles. The zero-order chi connectivity index (χ0) is 27.7. The Morgan fingerprint density at radius 2 is 1.73 bits per heavy atom. The molecule has 9 heteroatoms. The first-order valence-electron chi connectivity index (χ1n) is 14.2. The molecule has 2 saturated heterocycles. The first kappa shape index (κ1) is 27.2. The number of rotatable bonds is 7. The van der Waals surface area contributed by atoms with E-state index in [0.717, 1.165) is 47.1 Å². The normalized spacial score (nSPS) is 17.3. The Balaban J connectivity index is 1.11. The smallest absolute Gasteiger partial charge is 0.222 e. The van der Waals surface area contributed by atoms with Crippen molar-refractivity contribution in [1.82, 2.24) is 24.6 Å². The fourth-order valence-electron chi connectivity index (χ4n) is 5.63. The predicted octanol–water partition coefficient (Wildman–Crippen LogP) is 5.56. The molecule has 6 rings (SSSR count).